The molecule has 0 spiro atoms. The zero-order chi connectivity index (χ0) is 16.7. The normalized spacial score (nSPS) is 18.8. The lowest BCUT2D eigenvalue weighted by Gasteiger charge is -2.18. The van der Waals surface area contributed by atoms with Gasteiger partial charge in [-0.15, -0.1) is 0 Å². The minimum Gasteiger partial charge on any atom is -0.305 e. The summed E-state index contributed by atoms with van der Waals surface area (Å²) >= 11 is 6.37. The van der Waals surface area contributed by atoms with Crippen molar-refractivity contribution >= 4 is 68.9 Å². The number of nitro groups is 1. The Morgan fingerprint density at radius 2 is 2.05 bits per heavy atom. The highest BCUT2D eigenvalue weighted by atomic mass is 79.9. The third kappa shape index (κ3) is 3.98. The maximum atomic E-state index is 12.1. The summed E-state index contributed by atoms with van der Waals surface area (Å²) in [5, 5.41) is 11.2. The van der Waals surface area contributed by atoms with E-state index in [-0.39, 0.29) is 36.0 Å². The first-order valence-corrected chi connectivity index (χ1v) is 10.0. The molecular weight excluding hydrogens is 467 g/mol. The van der Waals surface area contributed by atoms with E-state index < -0.39 is 19.9 Å². The molecule has 1 aromatic carbocycles. The van der Waals surface area contributed by atoms with Gasteiger partial charge in [-0.2, -0.15) is 0 Å². The molecule has 0 N–H and O–H groups in total. The van der Waals surface area contributed by atoms with Crippen LogP contribution in [0.25, 0.3) is 0 Å². The third-order valence-corrected chi connectivity index (χ3v) is 5.42. The molecule has 1 amide bonds. The molecule has 0 aromatic heterocycles. The van der Waals surface area contributed by atoms with E-state index in [0.29, 0.717) is 8.95 Å². The van der Waals surface area contributed by atoms with E-state index in [2.05, 4.69) is 31.9 Å². The largest absolute Gasteiger partial charge is 0.305 e. The Hall–Kier alpha value is -0.710. The highest BCUT2D eigenvalue weighted by Gasteiger charge is 2.37. The Morgan fingerprint density at radius 3 is 2.59 bits per heavy atom. The van der Waals surface area contributed by atoms with Gasteiger partial charge in [-0.25, -0.2) is 8.42 Å². The second-order valence-electron chi connectivity index (χ2n) is 4.79. The maximum absolute atomic E-state index is 12.1. The number of amides is 1. The molecule has 0 radical (unpaired) electrons. The van der Waals surface area contributed by atoms with Crippen LogP contribution in [0.1, 0.15) is 6.42 Å². The van der Waals surface area contributed by atoms with Gasteiger partial charge in [0.05, 0.1) is 10.7 Å². The van der Waals surface area contributed by atoms with Crippen LogP contribution in [0, 0.1) is 16.0 Å². The molecule has 22 heavy (non-hydrogen) atoms. The number of rotatable bonds is 4. The van der Waals surface area contributed by atoms with E-state index in [9.17, 15) is 23.3 Å². The van der Waals surface area contributed by atoms with E-state index in [4.69, 9.17) is 10.7 Å². The number of halogens is 3. The minimum atomic E-state index is -3.74. The first kappa shape index (κ1) is 17.6. The average Bonchev–Trinajstić information content (AvgIpc) is 2.66. The van der Waals surface area contributed by atoms with E-state index in [1.165, 1.54) is 11.0 Å². The smallest absolute Gasteiger partial charge is 0.295 e. The molecule has 0 aliphatic carbocycles. The van der Waals surface area contributed by atoms with Crippen LogP contribution in [-0.4, -0.2) is 31.5 Å². The number of carbonyl (C=O) groups is 1. The Bertz CT molecular complexity index is 755. The highest BCUT2D eigenvalue weighted by molar-refractivity contribution is 9.11. The maximum Gasteiger partial charge on any atom is 0.295 e. The number of nitro benzene ring substituents is 1. The summed E-state index contributed by atoms with van der Waals surface area (Å²) < 4.78 is 23.1. The Labute approximate surface area is 147 Å². The van der Waals surface area contributed by atoms with Crippen LogP contribution in [0.3, 0.4) is 0 Å². The van der Waals surface area contributed by atoms with Crippen LogP contribution in [0.2, 0.25) is 0 Å². The fourth-order valence-corrected chi connectivity index (χ4v) is 5.09. The van der Waals surface area contributed by atoms with Gasteiger partial charge in [-0.1, -0.05) is 15.9 Å². The number of hydrogen-bond donors (Lipinski definition) is 0. The van der Waals surface area contributed by atoms with Gasteiger partial charge in [-0.3, -0.25) is 14.9 Å². The van der Waals surface area contributed by atoms with Crippen molar-refractivity contribution in [3.05, 3.63) is 31.2 Å². The summed E-state index contributed by atoms with van der Waals surface area (Å²) in [6.07, 6.45) is -0.0222. The number of benzene rings is 1. The SMILES string of the molecule is O=C1CC(CS(=O)(=O)Cl)CN1c1c(Br)cc(Br)cc1[N+](=O)[O-]. The molecule has 11 heteroatoms. The number of anilines is 1. The topological polar surface area (TPSA) is 97.6 Å². The van der Waals surface area contributed by atoms with Gasteiger partial charge >= 0.3 is 0 Å². The van der Waals surface area contributed by atoms with Gasteiger partial charge in [-0.05, 0) is 22.0 Å². The number of nitrogens with zero attached hydrogens (tertiary/aromatic N) is 2. The minimum absolute atomic E-state index is 0.0222. The lowest BCUT2D eigenvalue weighted by Crippen LogP contribution is -2.26. The van der Waals surface area contributed by atoms with Crippen LogP contribution in [0.5, 0.6) is 0 Å². The second-order valence-corrected chi connectivity index (χ2v) is 9.38. The van der Waals surface area contributed by atoms with Crippen LogP contribution in [0.15, 0.2) is 21.1 Å². The van der Waals surface area contributed by atoms with Crippen molar-refractivity contribution in [3.63, 3.8) is 0 Å². The van der Waals surface area contributed by atoms with Gasteiger partial charge in [0.15, 0.2) is 0 Å². The van der Waals surface area contributed by atoms with Gasteiger partial charge in [0.2, 0.25) is 15.0 Å². The Balaban J connectivity index is 2.40. The van der Waals surface area contributed by atoms with Gasteiger partial charge in [0, 0.05) is 44.6 Å². The second kappa shape index (κ2) is 6.42. The third-order valence-electron chi connectivity index (χ3n) is 3.11. The van der Waals surface area contributed by atoms with Gasteiger partial charge in [0.1, 0.15) is 5.69 Å². The molecule has 0 bridgehead atoms. The quantitative estimate of drug-likeness (QED) is 0.378. The monoisotopic (exact) mass is 474 g/mol. The molecule has 1 unspecified atom stereocenters. The van der Waals surface area contributed by atoms with Crippen molar-refractivity contribution in [1.29, 1.82) is 0 Å². The highest BCUT2D eigenvalue weighted by Crippen LogP contribution is 2.41. The number of carbonyl (C=O) groups excluding carboxylic acids is 1. The van der Waals surface area contributed by atoms with E-state index in [1.54, 1.807) is 6.07 Å². The molecule has 0 saturated carbocycles. The summed E-state index contributed by atoms with van der Waals surface area (Å²) in [5.41, 5.74) is -0.128. The molecule has 2 rings (SSSR count). The van der Waals surface area contributed by atoms with Gasteiger partial charge < -0.3 is 4.90 Å². The predicted molar refractivity (Wildman–Crippen MR) is 88.6 cm³/mol. The molecule has 1 aliphatic heterocycles. The molecule has 1 saturated heterocycles. The fourth-order valence-electron chi connectivity index (χ4n) is 2.35. The van der Waals surface area contributed by atoms with E-state index >= 15 is 0 Å². The van der Waals surface area contributed by atoms with Crippen LogP contribution in [-0.2, 0) is 13.8 Å². The molecule has 1 atom stereocenters. The standard InChI is InChI=1S/C11H9Br2ClN2O5S/c12-7-2-8(13)11(9(3-7)16(18)19)15-4-6(1-10(15)17)5-22(14,20)21/h2-3,6H,1,4-5H2. The van der Waals surface area contributed by atoms with E-state index in [0.717, 1.165) is 0 Å². The molecule has 120 valence electrons. The summed E-state index contributed by atoms with van der Waals surface area (Å²) in [4.78, 5) is 24.0. The first-order chi connectivity index (χ1) is 10.1. The molecule has 1 aliphatic rings. The summed E-state index contributed by atoms with van der Waals surface area (Å²) in [6.45, 7) is 0.0614. The molecule has 1 fully saturated rings. The molecule has 1 heterocycles. The average molecular weight is 477 g/mol. The zero-order valence-electron chi connectivity index (χ0n) is 10.8. The van der Waals surface area contributed by atoms with E-state index in [1.807, 2.05) is 0 Å². The summed E-state index contributed by atoms with van der Waals surface area (Å²) in [6, 6.07) is 2.88. The number of hydrogen-bond acceptors (Lipinski definition) is 5. The Morgan fingerprint density at radius 1 is 1.41 bits per heavy atom. The molecule has 1 aromatic rings. The van der Waals surface area contributed by atoms with Crippen LogP contribution >= 0.6 is 42.5 Å². The lowest BCUT2D eigenvalue weighted by molar-refractivity contribution is -0.384. The van der Waals surface area contributed by atoms with Crippen LogP contribution < -0.4 is 4.90 Å². The summed E-state index contributed by atoms with van der Waals surface area (Å²) in [5.74, 6) is -1.22. The Kier molecular flexibility index (Phi) is 5.15. The zero-order valence-corrected chi connectivity index (χ0v) is 15.6. The predicted octanol–water partition coefficient (Wildman–Crippen LogP) is 3.04. The van der Waals surface area contributed by atoms with Crippen molar-refractivity contribution in [2.75, 3.05) is 17.2 Å². The lowest BCUT2D eigenvalue weighted by atomic mass is 10.1. The van der Waals surface area contributed by atoms with Crippen molar-refractivity contribution in [2.45, 2.75) is 6.42 Å². The summed E-state index contributed by atoms with van der Waals surface area (Å²) in [7, 11) is 1.47. The fraction of sp³-hybridized carbons (Fsp3) is 0.364. The van der Waals surface area contributed by atoms with Crippen LogP contribution in [0.4, 0.5) is 11.4 Å². The van der Waals surface area contributed by atoms with Gasteiger partial charge in [0.25, 0.3) is 5.69 Å². The van der Waals surface area contributed by atoms with Crippen molar-refractivity contribution in [3.8, 4) is 0 Å². The molecule has 7 nitrogen and oxygen atoms in total. The first-order valence-electron chi connectivity index (χ1n) is 5.94. The molecular formula is C11H9Br2ClN2O5S. The van der Waals surface area contributed by atoms with Crippen molar-refractivity contribution in [2.24, 2.45) is 5.92 Å². The van der Waals surface area contributed by atoms with Crippen molar-refractivity contribution in [1.82, 2.24) is 0 Å². The van der Waals surface area contributed by atoms with Crippen molar-refractivity contribution < 1.29 is 18.1 Å².